The third kappa shape index (κ3) is 4.14. The summed E-state index contributed by atoms with van der Waals surface area (Å²) in [6.07, 6.45) is 8.59. The molecule has 2 aliphatic heterocycles. The predicted octanol–water partition coefficient (Wildman–Crippen LogP) is 3.92. The molecule has 0 bridgehead atoms. The lowest BCUT2D eigenvalue weighted by Crippen LogP contribution is -2.22. The van der Waals surface area contributed by atoms with E-state index in [4.69, 9.17) is 4.98 Å². The van der Waals surface area contributed by atoms with E-state index < -0.39 is 0 Å². The topological polar surface area (TPSA) is 95.6 Å². The standard InChI is InChI=1S/C24H26N6OS2/c31-14(3-1-2-4-17-16-10-27-11-18(16)30-29-17)9-21-23(15-5-7-26-13-22(15)32-21)24-28-19-12-25-8-6-20(19)33-24/h6,8,12,26-27H,1-5,7,9-11,13H2,(H,29,30). The summed E-state index contributed by atoms with van der Waals surface area (Å²) in [6, 6.07) is 2.02. The second kappa shape index (κ2) is 9.06. The van der Waals surface area contributed by atoms with Crippen LogP contribution >= 0.6 is 22.7 Å². The van der Waals surface area contributed by atoms with Gasteiger partial charge in [-0.05, 0) is 43.9 Å². The van der Waals surface area contributed by atoms with E-state index in [0.717, 1.165) is 72.8 Å². The maximum atomic E-state index is 13.0. The molecule has 2 aliphatic rings. The Bertz CT molecular complexity index is 1290. The van der Waals surface area contributed by atoms with Gasteiger partial charge in [-0.3, -0.25) is 14.9 Å². The molecule has 7 nitrogen and oxygen atoms in total. The number of hydrogen-bond acceptors (Lipinski definition) is 8. The number of carbonyl (C=O) groups excluding carboxylic acids is 1. The molecule has 0 atom stereocenters. The molecule has 0 unspecified atom stereocenters. The van der Waals surface area contributed by atoms with Crippen LogP contribution < -0.4 is 10.6 Å². The number of nitrogens with zero attached hydrogens (tertiary/aromatic N) is 3. The quantitative estimate of drug-likeness (QED) is 0.332. The van der Waals surface area contributed by atoms with Gasteiger partial charge in [-0.1, -0.05) is 0 Å². The van der Waals surface area contributed by atoms with Crippen molar-refractivity contribution in [1.29, 1.82) is 0 Å². The fraction of sp³-hybridized carbons (Fsp3) is 0.417. The summed E-state index contributed by atoms with van der Waals surface area (Å²) in [5, 5.41) is 15.4. The summed E-state index contributed by atoms with van der Waals surface area (Å²) in [5.74, 6) is 0.319. The van der Waals surface area contributed by atoms with E-state index in [9.17, 15) is 4.79 Å². The highest BCUT2D eigenvalue weighted by Crippen LogP contribution is 2.41. The van der Waals surface area contributed by atoms with Crippen LogP contribution in [0.3, 0.4) is 0 Å². The number of aryl methyl sites for hydroxylation is 1. The molecule has 3 N–H and O–H groups in total. The highest BCUT2D eigenvalue weighted by Gasteiger charge is 2.25. The number of unbranched alkanes of at least 4 members (excludes halogenated alkanes) is 1. The molecule has 0 spiro atoms. The first-order chi connectivity index (χ1) is 16.3. The van der Waals surface area contributed by atoms with E-state index >= 15 is 0 Å². The Hall–Kier alpha value is -2.46. The molecule has 0 aromatic carbocycles. The zero-order chi connectivity index (χ0) is 22.2. The first-order valence-corrected chi connectivity index (χ1v) is 13.2. The van der Waals surface area contributed by atoms with E-state index in [-0.39, 0.29) is 0 Å². The minimum atomic E-state index is 0.319. The average Bonchev–Trinajstić information content (AvgIpc) is 3.58. The number of H-pyrrole nitrogens is 1. The largest absolute Gasteiger partial charge is 0.312 e. The van der Waals surface area contributed by atoms with Crippen LogP contribution in [0, 0.1) is 0 Å². The van der Waals surface area contributed by atoms with Crippen molar-refractivity contribution in [2.75, 3.05) is 6.54 Å². The number of thiazole rings is 1. The second-order valence-electron chi connectivity index (χ2n) is 8.74. The summed E-state index contributed by atoms with van der Waals surface area (Å²) in [6.45, 7) is 3.65. The Morgan fingerprint density at radius 2 is 2.06 bits per heavy atom. The lowest BCUT2D eigenvalue weighted by atomic mass is 10.00. The van der Waals surface area contributed by atoms with Gasteiger partial charge in [-0.25, -0.2) is 4.98 Å². The van der Waals surface area contributed by atoms with Crippen molar-refractivity contribution in [1.82, 2.24) is 30.8 Å². The van der Waals surface area contributed by atoms with Crippen LogP contribution in [0.1, 0.15) is 51.5 Å². The molecule has 6 rings (SSSR count). The van der Waals surface area contributed by atoms with E-state index in [1.54, 1.807) is 22.7 Å². The summed E-state index contributed by atoms with van der Waals surface area (Å²) in [7, 11) is 0. The van der Waals surface area contributed by atoms with E-state index in [1.807, 2.05) is 18.5 Å². The third-order valence-corrected chi connectivity index (χ3v) is 8.81. The molecule has 9 heteroatoms. The van der Waals surface area contributed by atoms with Crippen LogP contribution in [0.2, 0.25) is 0 Å². The average molecular weight is 479 g/mol. The van der Waals surface area contributed by atoms with Crippen molar-refractivity contribution in [3.8, 4) is 10.6 Å². The van der Waals surface area contributed by atoms with Crippen LogP contribution in [-0.2, 0) is 43.7 Å². The minimum Gasteiger partial charge on any atom is -0.312 e. The lowest BCUT2D eigenvalue weighted by molar-refractivity contribution is -0.118. The van der Waals surface area contributed by atoms with Gasteiger partial charge in [0.1, 0.15) is 16.3 Å². The molecule has 0 radical (unpaired) electrons. The van der Waals surface area contributed by atoms with E-state index in [1.165, 1.54) is 32.1 Å². The summed E-state index contributed by atoms with van der Waals surface area (Å²) in [4.78, 5) is 24.6. The molecule has 0 aliphatic carbocycles. The second-order valence-corrected chi connectivity index (χ2v) is 11.0. The summed E-state index contributed by atoms with van der Waals surface area (Å²) < 4.78 is 1.14. The number of hydrogen-bond donors (Lipinski definition) is 3. The molecule has 6 heterocycles. The minimum absolute atomic E-state index is 0.319. The Morgan fingerprint density at radius 3 is 3.00 bits per heavy atom. The molecule has 0 saturated heterocycles. The van der Waals surface area contributed by atoms with Crippen LogP contribution in [0.4, 0.5) is 0 Å². The number of carbonyl (C=O) groups is 1. The van der Waals surface area contributed by atoms with Crippen molar-refractivity contribution in [3.63, 3.8) is 0 Å². The number of aromatic amines is 1. The molecule has 0 amide bonds. The number of fused-ring (bicyclic) bond motifs is 3. The number of thiophene rings is 1. The number of aromatic nitrogens is 4. The van der Waals surface area contributed by atoms with Gasteiger partial charge >= 0.3 is 0 Å². The van der Waals surface area contributed by atoms with Crippen molar-refractivity contribution in [3.05, 3.63) is 50.7 Å². The molecule has 4 aromatic rings. The van der Waals surface area contributed by atoms with Gasteiger partial charge in [-0.15, -0.1) is 22.7 Å². The SMILES string of the molecule is O=C(CCCCc1n[nH]c2c1CNC2)Cc1sc2c(c1-c1nc3cnccc3s1)CCNC2. The van der Waals surface area contributed by atoms with Crippen LogP contribution in [0.25, 0.3) is 20.8 Å². The summed E-state index contributed by atoms with van der Waals surface area (Å²) in [5.41, 5.74) is 7.24. The molecule has 0 fully saturated rings. The van der Waals surface area contributed by atoms with Gasteiger partial charge in [0.2, 0.25) is 0 Å². The van der Waals surface area contributed by atoms with Gasteiger partial charge in [0.05, 0.1) is 22.3 Å². The third-order valence-electron chi connectivity index (χ3n) is 6.52. The molecule has 4 aromatic heterocycles. The van der Waals surface area contributed by atoms with Gasteiger partial charge in [0.25, 0.3) is 0 Å². The number of ketones is 1. The molecule has 0 saturated carbocycles. The maximum Gasteiger partial charge on any atom is 0.138 e. The van der Waals surface area contributed by atoms with Gasteiger partial charge in [0.15, 0.2) is 0 Å². The van der Waals surface area contributed by atoms with E-state index in [2.05, 4.69) is 25.8 Å². The van der Waals surface area contributed by atoms with Crippen molar-refractivity contribution < 1.29 is 4.79 Å². The highest BCUT2D eigenvalue weighted by atomic mass is 32.1. The predicted molar refractivity (Wildman–Crippen MR) is 132 cm³/mol. The van der Waals surface area contributed by atoms with Crippen molar-refractivity contribution in [2.45, 2.75) is 58.2 Å². The Kier molecular flexibility index (Phi) is 5.79. The Morgan fingerprint density at radius 1 is 1.09 bits per heavy atom. The van der Waals surface area contributed by atoms with Gasteiger partial charge < -0.3 is 10.6 Å². The van der Waals surface area contributed by atoms with Crippen LogP contribution in [-0.4, -0.2) is 32.5 Å². The van der Waals surface area contributed by atoms with Gasteiger partial charge in [0, 0.05) is 59.6 Å². The summed E-state index contributed by atoms with van der Waals surface area (Å²) >= 11 is 3.50. The molecular weight excluding hydrogens is 452 g/mol. The number of pyridine rings is 1. The number of Topliss-reactive ketones (excluding diaryl/α,β-unsaturated/α-hetero) is 1. The molecule has 33 heavy (non-hydrogen) atoms. The van der Waals surface area contributed by atoms with Crippen molar-refractivity contribution in [2.24, 2.45) is 0 Å². The van der Waals surface area contributed by atoms with E-state index in [0.29, 0.717) is 18.6 Å². The normalized spacial score (nSPS) is 15.2. The zero-order valence-electron chi connectivity index (χ0n) is 18.4. The van der Waals surface area contributed by atoms with Crippen molar-refractivity contribution >= 4 is 38.7 Å². The van der Waals surface area contributed by atoms with Crippen LogP contribution in [0.15, 0.2) is 18.5 Å². The lowest BCUT2D eigenvalue weighted by Gasteiger charge is -2.13. The Balaban J connectivity index is 1.15. The fourth-order valence-electron chi connectivity index (χ4n) is 4.85. The monoisotopic (exact) mass is 478 g/mol. The number of nitrogens with one attached hydrogen (secondary N) is 3. The number of rotatable bonds is 8. The van der Waals surface area contributed by atoms with Gasteiger partial charge in [-0.2, -0.15) is 5.10 Å². The van der Waals surface area contributed by atoms with Crippen LogP contribution in [0.5, 0.6) is 0 Å². The Labute approximate surface area is 200 Å². The fourth-order valence-corrected chi connectivity index (χ4v) is 7.30. The maximum absolute atomic E-state index is 13.0. The highest BCUT2D eigenvalue weighted by molar-refractivity contribution is 7.22. The first kappa shape index (κ1) is 21.1. The molecular formula is C24H26N6OS2. The first-order valence-electron chi connectivity index (χ1n) is 11.6. The zero-order valence-corrected chi connectivity index (χ0v) is 20.0. The smallest absolute Gasteiger partial charge is 0.138 e. The molecule has 170 valence electrons.